The van der Waals surface area contributed by atoms with Gasteiger partial charge < -0.3 is 15.0 Å². The molecule has 1 aliphatic rings. The van der Waals surface area contributed by atoms with Crippen molar-refractivity contribution >= 4 is 5.91 Å². The number of nitrogens with one attached hydrogen (secondary N) is 1. The second-order valence-electron chi connectivity index (χ2n) is 6.15. The van der Waals surface area contributed by atoms with E-state index in [0.29, 0.717) is 18.5 Å². The second kappa shape index (κ2) is 6.94. The zero-order chi connectivity index (χ0) is 15.4. The largest absolute Gasteiger partial charge is 0.497 e. The monoisotopic (exact) mass is 290 g/mol. The van der Waals surface area contributed by atoms with Crippen molar-refractivity contribution in [3.05, 3.63) is 29.8 Å². The number of nitrogens with zero attached hydrogens (tertiary/aromatic N) is 1. The molecule has 1 aliphatic heterocycles. The molecule has 116 valence electrons. The Hall–Kier alpha value is -1.55. The van der Waals surface area contributed by atoms with Gasteiger partial charge >= 0.3 is 0 Å². The van der Waals surface area contributed by atoms with E-state index in [2.05, 4.69) is 32.2 Å². The minimum absolute atomic E-state index is 0.202. The van der Waals surface area contributed by atoms with Gasteiger partial charge in [-0.05, 0) is 37.5 Å². The van der Waals surface area contributed by atoms with Gasteiger partial charge in [0.25, 0.3) is 0 Å². The maximum absolute atomic E-state index is 12.5. The third-order valence-electron chi connectivity index (χ3n) is 4.05. The van der Waals surface area contributed by atoms with E-state index in [-0.39, 0.29) is 11.8 Å². The third-order valence-corrected chi connectivity index (χ3v) is 4.05. The molecule has 1 heterocycles. The lowest BCUT2D eigenvalue weighted by Crippen LogP contribution is -2.55. The van der Waals surface area contributed by atoms with Crippen LogP contribution in [-0.2, 0) is 4.79 Å². The topological polar surface area (TPSA) is 41.6 Å². The van der Waals surface area contributed by atoms with E-state index in [4.69, 9.17) is 4.74 Å². The van der Waals surface area contributed by atoms with Crippen LogP contribution in [0.15, 0.2) is 24.3 Å². The highest BCUT2D eigenvalue weighted by Crippen LogP contribution is 2.24. The zero-order valence-corrected chi connectivity index (χ0v) is 13.4. The number of amides is 1. The molecule has 0 bridgehead atoms. The van der Waals surface area contributed by atoms with E-state index >= 15 is 0 Å². The quantitative estimate of drug-likeness (QED) is 0.926. The molecule has 1 N–H and O–H groups in total. The Morgan fingerprint density at radius 3 is 2.67 bits per heavy atom. The van der Waals surface area contributed by atoms with Gasteiger partial charge in [0.1, 0.15) is 5.75 Å². The van der Waals surface area contributed by atoms with Crippen molar-refractivity contribution in [1.82, 2.24) is 10.2 Å². The van der Waals surface area contributed by atoms with Crippen molar-refractivity contribution < 1.29 is 9.53 Å². The Labute approximate surface area is 127 Å². The molecule has 4 heteroatoms. The normalized spacial score (nSPS) is 23.7. The predicted octanol–water partition coefficient (Wildman–Crippen LogP) is 2.40. The van der Waals surface area contributed by atoms with Crippen LogP contribution in [0.25, 0.3) is 0 Å². The van der Waals surface area contributed by atoms with Gasteiger partial charge in [0, 0.05) is 31.6 Å². The maximum Gasteiger partial charge on any atom is 0.223 e. The molecule has 0 unspecified atom stereocenters. The van der Waals surface area contributed by atoms with Crippen molar-refractivity contribution in [2.24, 2.45) is 0 Å². The number of carbonyl (C=O) groups excluding carboxylic acids is 1. The molecule has 1 aromatic carbocycles. The van der Waals surface area contributed by atoms with E-state index in [9.17, 15) is 4.79 Å². The lowest BCUT2D eigenvalue weighted by Gasteiger charge is -2.36. The highest BCUT2D eigenvalue weighted by molar-refractivity contribution is 5.77. The Kier molecular flexibility index (Phi) is 5.23. The third kappa shape index (κ3) is 4.21. The number of hydrogen-bond donors (Lipinski definition) is 1. The molecule has 1 amide bonds. The first-order chi connectivity index (χ1) is 9.99. The van der Waals surface area contributed by atoms with Gasteiger partial charge in [0.15, 0.2) is 0 Å². The van der Waals surface area contributed by atoms with Crippen LogP contribution in [-0.4, -0.2) is 43.1 Å². The van der Waals surface area contributed by atoms with Crippen molar-refractivity contribution in [2.75, 3.05) is 20.2 Å². The van der Waals surface area contributed by atoms with Crippen molar-refractivity contribution in [3.63, 3.8) is 0 Å². The van der Waals surface area contributed by atoms with Crippen LogP contribution in [0.3, 0.4) is 0 Å². The average molecular weight is 290 g/mol. The molecular weight excluding hydrogens is 264 g/mol. The summed E-state index contributed by atoms with van der Waals surface area (Å²) in [5, 5.41) is 3.45. The van der Waals surface area contributed by atoms with E-state index in [1.165, 1.54) is 0 Å². The molecule has 1 saturated heterocycles. The summed E-state index contributed by atoms with van der Waals surface area (Å²) in [6, 6.07) is 8.71. The number of methoxy groups -OCH3 is 1. The van der Waals surface area contributed by atoms with E-state index < -0.39 is 0 Å². The maximum atomic E-state index is 12.5. The SMILES string of the molecule is COc1cccc([C@H](C)CC(=O)N2C[C@H](C)N[C@@H](C)C2)c1. The molecule has 21 heavy (non-hydrogen) atoms. The van der Waals surface area contributed by atoms with Crippen LogP contribution in [0.2, 0.25) is 0 Å². The molecule has 1 aromatic rings. The summed E-state index contributed by atoms with van der Waals surface area (Å²) in [6.07, 6.45) is 0.548. The molecule has 4 nitrogen and oxygen atoms in total. The Balaban J connectivity index is 1.98. The molecule has 2 rings (SSSR count). The molecule has 0 saturated carbocycles. The summed E-state index contributed by atoms with van der Waals surface area (Å²) < 4.78 is 5.25. The summed E-state index contributed by atoms with van der Waals surface area (Å²) in [5.74, 6) is 1.29. The first kappa shape index (κ1) is 15.8. The van der Waals surface area contributed by atoms with Crippen molar-refractivity contribution in [2.45, 2.75) is 45.2 Å². The molecular formula is C17H26N2O2. The summed E-state index contributed by atoms with van der Waals surface area (Å²) in [5.41, 5.74) is 1.15. The van der Waals surface area contributed by atoms with E-state index in [1.807, 2.05) is 23.1 Å². The Morgan fingerprint density at radius 2 is 2.05 bits per heavy atom. The van der Waals surface area contributed by atoms with Crippen LogP contribution in [0, 0.1) is 0 Å². The smallest absolute Gasteiger partial charge is 0.223 e. The van der Waals surface area contributed by atoms with Crippen LogP contribution in [0.5, 0.6) is 5.75 Å². The van der Waals surface area contributed by atoms with Gasteiger partial charge in [-0.15, -0.1) is 0 Å². The highest BCUT2D eigenvalue weighted by Gasteiger charge is 2.25. The van der Waals surface area contributed by atoms with Crippen molar-refractivity contribution in [3.8, 4) is 5.75 Å². The van der Waals surface area contributed by atoms with Gasteiger partial charge in [-0.3, -0.25) is 4.79 Å². The fraction of sp³-hybridized carbons (Fsp3) is 0.588. The lowest BCUT2D eigenvalue weighted by atomic mass is 9.96. The van der Waals surface area contributed by atoms with E-state index in [1.54, 1.807) is 7.11 Å². The molecule has 0 spiro atoms. The minimum Gasteiger partial charge on any atom is -0.497 e. The van der Waals surface area contributed by atoms with Gasteiger partial charge in [-0.2, -0.15) is 0 Å². The standard InChI is InChI=1S/C17H26N2O2/c1-12(15-6-5-7-16(9-15)21-4)8-17(20)19-10-13(2)18-14(3)11-19/h5-7,9,12-14,18H,8,10-11H2,1-4H3/t12-,13+,14+/m1/s1. The van der Waals surface area contributed by atoms with Crippen LogP contribution < -0.4 is 10.1 Å². The highest BCUT2D eigenvalue weighted by atomic mass is 16.5. The number of hydrogen-bond acceptors (Lipinski definition) is 3. The van der Waals surface area contributed by atoms with Crippen LogP contribution >= 0.6 is 0 Å². The summed E-state index contributed by atoms with van der Waals surface area (Å²) in [4.78, 5) is 14.5. The van der Waals surface area contributed by atoms with Crippen molar-refractivity contribution in [1.29, 1.82) is 0 Å². The lowest BCUT2D eigenvalue weighted by molar-refractivity contribution is -0.133. The second-order valence-corrected chi connectivity index (χ2v) is 6.15. The number of carbonyl (C=O) groups is 1. The fourth-order valence-corrected chi connectivity index (χ4v) is 2.99. The van der Waals surface area contributed by atoms with Gasteiger partial charge in [-0.25, -0.2) is 0 Å². The summed E-state index contributed by atoms with van der Waals surface area (Å²) in [6.45, 7) is 7.95. The number of rotatable bonds is 4. The first-order valence-electron chi connectivity index (χ1n) is 7.67. The van der Waals surface area contributed by atoms with Crippen LogP contribution in [0.4, 0.5) is 0 Å². The molecule has 0 radical (unpaired) electrons. The number of ether oxygens (including phenoxy) is 1. The van der Waals surface area contributed by atoms with Gasteiger partial charge in [-0.1, -0.05) is 19.1 Å². The fourth-order valence-electron chi connectivity index (χ4n) is 2.99. The zero-order valence-electron chi connectivity index (χ0n) is 13.4. The van der Waals surface area contributed by atoms with Gasteiger partial charge in [0.2, 0.25) is 5.91 Å². The molecule has 3 atom stereocenters. The number of benzene rings is 1. The Morgan fingerprint density at radius 1 is 1.38 bits per heavy atom. The average Bonchev–Trinajstić information content (AvgIpc) is 2.46. The summed E-state index contributed by atoms with van der Waals surface area (Å²) >= 11 is 0. The molecule has 1 fully saturated rings. The molecule has 0 aromatic heterocycles. The van der Waals surface area contributed by atoms with E-state index in [0.717, 1.165) is 24.4 Å². The minimum atomic E-state index is 0.202. The van der Waals surface area contributed by atoms with Crippen LogP contribution in [0.1, 0.15) is 38.7 Å². The molecule has 0 aliphatic carbocycles. The Bertz CT molecular complexity index is 479. The first-order valence-corrected chi connectivity index (χ1v) is 7.67. The van der Waals surface area contributed by atoms with Gasteiger partial charge in [0.05, 0.1) is 7.11 Å². The summed E-state index contributed by atoms with van der Waals surface area (Å²) in [7, 11) is 1.67. The predicted molar refractivity (Wildman–Crippen MR) is 84.7 cm³/mol. The number of piperazine rings is 1.